The highest BCUT2D eigenvalue weighted by Crippen LogP contribution is 2.30. The third-order valence-electron chi connectivity index (χ3n) is 3.75. The van der Waals surface area contributed by atoms with Crippen molar-refractivity contribution in [1.82, 2.24) is 9.29 Å². The Labute approximate surface area is 115 Å². The average molecular weight is 283 g/mol. The molecule has 0 spiro atoms. The van der Waals surface area contributed by atoms with Gasteiger partial charge in [0.05, 0.1) is 0 Å². The Kier molecular flexibility index (Phi) is 4.10. The van der Waals surface area contributed by atoms with Crippen LogP contribution in [-0.4, -0.2) is 37.8 Å². The van der Waals surface area contributed by atoms with Crippen molar-refractivity contribution in [1.29, 1.82) is 0 Å². The summed E-state index contributed by atoms with van der Waals surface area (Å²) in [6, 6.07) is 3.71. The maximum atomic E-state index is 11.9. The van der Waals surface area contributed by atoms with Gasteiger partial charge in [0.15, 0.2) is 0 Å². The van der Waals surface area contributed by atoms with Crippen molar-refractivity contribution in [3.05, 3.63) is 18.3 Å². The van der Waals surface area contributed by atoms with Crippen molar-refractivity contribution in [2.45, 2.75) is 37.1 Å². The number of sulfonamides is 1. The van der Waals surface area contributed by atoms with Gasteiger partial charge in [-0.05, 0) is 37.8 Å². The summed E-state index contributed by atoms with van der Waals surface area (Å²) >= 11 is 0. The minimum Gasteiger partial charge on any atom is -0.367 e. The van der Waals surface area contributed by atoms with Crippen LogP contribution in [0.1, 0.15) is 26.2 Å². The number of hydrogen-bond acceptors (Lipinski definition) is 4. The largest absolute Gasteiger partial charge is 0.367 e. The molecule has 0 radical (unpaired) electrons. The number of anilines is 1. The van der Waals surface area contributed by atoms with Gasteiger partial charge in [-0.3, -0.25) is 0 Å². The first-order chi connectivity index (χ1) is 8.91. The Bertz CT molecular complexity index is 521. The molecular formula is C13H21N3O2S. The van der Waals surface area contributed by atoms with Crippen LogP contribution in [0, 0.1) is 5.92 Å². The number of nitrogens with zero attached hydrogens (tertiary/aromatic N) is 2. The summed E-state index contributed by atoms with van der Waals surface area (Å²) in [4.78, 5) is 4.41. The molecule has 1 aliphatic carbocycles. The number of aromatic nitrogens is 1. The van der Waals surface area contributed by atoms with Gasteiger partial charge < -0.3 is 5.32 Å². The molecule has 1 saturated carbocycles. The minimum absolute atomic E-state index is 0.222. The van der Waals surface area contributed by atoms with E-state index >= 15 is 0 Å². The number of rotatable bonds is 5. The number of pyridine rings is 1. The summed E-state index contributed by atoms with van der Waals surface area (Å²) in [5, 5.41) is 3.33. The zero-order valence-corrected chi connectivity index (χ0v) is 12.4. The Morgan fingerprint density at radius 3 is 2.47 bits per heavy atom. The second-order valence-corrected chi connectivity index (χ2v) is 7.44. The molecule has 0 amide bonds. The molecule has 19 heavy (non-hydrogen) atoms. The van der Waals surface area contributed by atoms with Crippen LogP contribution in [0.25, 0.3) is 0 Å². The fourth-order valence-electron chi connectivity index (χ4n) is 2.12. The molecule has 106 valence electrons. The fourth-order valence-corrected chi connectivity index (χ4v) is 2.97. The Morgan fingerprint density at radius 2 is 2.05 bits per heavy atom. The van der Waals surface area contributed by atoms with Crippen LogP contribution in [0.4, 0.5) is 5.82 Å². The monoisotopic (exact) mass is 283 g/mol. The van der Waals surface area contributed by atoms with Crippen molar-refractivity contribution in [2.24, 2.45) is 5.92 Å². The molecule has 0 aliphatic heterocycles. The molecule has 1 fully saturated rings. The summed E-state index contributed by atoms with van der Waals surface area (Å²) in [7, 11) is -0.361. The molecule has 1 aliphatic rings. The van der Waals surface area contributed by atoms with E-state index in [1.165, 1.54) is 43.9 Å². The summed E-state index contributed by atoms with van der Waals surface area (Å²) in [5.41, 5.74) is 0. The summed E-state index contributed by atoms with van der Waals surface area (Å²) in [6.45, 7) is 2.15. The van der Waals surface area contributed by atoms with Crippen molar-refractivity contribution in [3.8, 4) is 0 Å². The molecule has 1 atom stereocenters. The van der Waals surface area contributed by atoms with Gasteiger partial charge in [-0.25, -0.2) is 17.7 Å². The van der Waals surface area contributed by atoms with Crippen LogP contribution in [-0.2, 0) is 10.0 Å². The second kappa shape index (κ2) is 5.46. The molecule has 6 heteroatoms. The zero-order chi connectivity index (χ0) is 14.0. The number of hydrogen-bond donors (Lipinski definition) is 1. The molecule has 1 heterocycles. The van der Waals surface area contributed by atoms with E-state index < -0.39 is 10.0 Å². The molecular weight excluding hydrogens is 262 g/mol. The van der Waals surface area contributed by atoms with Crippen LogP contribution in [0.3, 0.4) is 0 Å². The predicted molar refractivity (Wildman–Crippen MR) is 75.5 cm³/mol. The van der Waals surface area contributed by atoms with Gasteiger partial charge in [0.2, 0.25) is 10.0 Å². The standard InChI is InChI=1S/C13H21N3O2S/c1-10(11-5-4-6-11)15-13-8-7-12(9-14-13)19(17,18)16(2)3/h7-11H,4-6H2,1-3H3,(H,14,15). The first-order valence-electron chi connectivity index (χ1n) is 6.56. The van der Waals surface area contributed by atoms with E-state index in [0.29, 0.717) is 12.0 Å². The zero-order valence-electron chi connectivity index (χ0n) is 11.6. The lowest BCUT2D eigenvalue weighted by Gasteiger charge is -2.32. The van der Waals surface area contributed by atoms with E-state index in [1.807, 2.05) is 0 Å². The normalized spacial score (nSPS) is 18.1. The van der Waals surface area contributed by atoms with Crippen LogP contribution in [0.15, 0.2) is 23.2 Å². The van der Waals surface area contributed by atoms with E-state index in [0.717, 1.165) is 5.82 Å². The Balaban J connectivity index is 2.06. The highest BCUT2D eigenvalue weighted by molar-refractivity contribution is 7.89. The second-order valence-electron chi connectivity index (χ2n) is 5.29. The van der Waals surface area contributed by atoms with Crippen molar-refractivity contribution < 1.29 is 8.42 Å². The molecule has 1 aromatic rings. The third kappa shape index (κ3) is 3.06. The SMILES string of the molecule is CC(Nc1ccc(S(=O)(=O)N(C)C)cn1)C1CCC1. The third-order valence-corrected chi connectivity index (χ3v) is 5.55. The van der Waals surface area contributed by atoms with Crippen LogP contribution < -0.4 is 5.32 Å². The topological polar surface area (TPSA) is 62.3 Å². The molecule has 0 saturated heterocycles. The van der Waals surface area contributed by atoms with E-state index in [-0.39, 0.29) is 4.90 Å². The van der Waals surface area contributed by atoms with Gasteiger partial charge in [0.1, 0.15) is 10.7 Å². The predicted octanol–water partition coefficient (Wildman–Crippen LogP) is 1.93. The van der Waals surface area contributed by atoms with Gasteiger partial charge in [-0.1, -0.05) is 6.42 Å². The van der Waals surface area contributed by atoms with Crippen molar-refractivity contribution in [3.63, 3.8) is 0 Å². The van der Waals surface area contributed by atoms with Crippen LogP contribution in [0.5, 0.6) is 0 Å². The molecule has 1 unspecified atom stereocenters. The van der Waals surface area contributed by atoms with E-state index in [2.05, 4.69) is 17.2 Å². The lowest BCUT2D eigenvalue weighted by atomic mass is 9.80. The highest BCUT2D eigenvalue weighted by Gasteiger charge is 2.24. The summed E-state index contributed by atoms with van der Waals surface area (Å²) in [5.74, 6) is 1.45. The van der Waals surface area contributed by atoms with Gasteiger partial charge in [0.25, 0.3) is 0 Å². The number of nitrogens with one attached hydrogen (secondary N) is 1. The lowest BCUT2D eigenvalue weighted by Crippen LogP contribution is -2.31. The van der Waals surface area contributed by atoms with E-state index in [1.54, 1.807) is 12.1 Å². The summed E-state index contributed by atoms with van der Waals surface area (Å²) in [6.07, 6.45) is 5.25. The van der Waals surface area contributed by atoms with E-state index in [9.17, 15) is 8.42 Å². The molecule has 2 rings (SSSR count). The fraction of sp³-hybridized carbons (Fsp3) is 0.615. The summed E-state index contributed by atoms with van der Waals surface area (Å²) < 4.78 is 25.0. The first-order valence-corrected chi connectivity index (χ1v) is 8.00. The minimum atomic E-state index is -3.39. The quantitative estimate of drug-likeness (QED) is 0.897. The molecule has 5 nitrogen and oxygen atoms in total. The average Bonchev–Trinajstić information content (AvgIpc) is 2.27. The maximum Gasteiger partial charge on any atom is 0.244 e. The first kappa shape index (κ1) is 14.3. The van der Waals surface area contributed by atoms with Gasteiger partial charge in [0, 0.05) is 26.3 Å². The molecule has 1 N–H and O–H groups in total. The Hall–Kier alpha value is -1.14. The smallest absolute Gasteiger partial charge is 0.244 e. The molecule has 1 aromatic heterocycles. The van der Waals surface area contributed by atoms with Crippen LogP contribution >= 0.6 is 0 Å². The van der Waals surface area contributed by atoms with Gasteiger partial charge in [-0.2, -0.15) is 0 Å². The highest BCUT2D eigenvalue weighted by atomic mass is 32.2. The van der Waals surface area contributed by atoms with Gasteiger partial charge >= 0.3 is 0 Å². The molecule has 0 bridgehead atoms. The maximum absolute atomic E-state index is 11.9. The lowest BCUT2D eigenvalue weighted by molar-refractivity contribution is 0.285. The Morgan fingerprint density at radius 1 is 1.37 bits per heavy atom. The molecule has 0 aromatic carbocycles. The van der Waals surface area contributed by atoms with Crippen molar-refractivity contribution in [2.75, 3.05) is 19.4 Å². The van der Waals surface area contributed by atoms with Gasteiger partial charge in [-0.15, -0.1) is 0 Å². The van der Waals surface area contributed by atoms with E-state index in [4.69, 9.17) is 0 Å². The van der Waals surface area contributed by atoms with Crippen LogP contribution in [0.2, 0.25) is 0 Å². The van der Waals surface area contributed by atoms with Crippen molar-refractivity contribution >= 4 is 15.8 Å².